The van der Waals surface area contributed by atoms with E-state index in [4.69, 9.17) is 72.3 Å². The molecule has 2 saturated heterocycles. The van der Waals surface area contributed by atoms with Gasteiger partial charge in [-0.2, -0.15) is 0 Å². The summed E-state index contributed by atoms with van der Waals surface area (Å²) in [6, 6.07) is 4.31. The van der Waals surface area contributed by atoms with Crippen LogP contribution in [0, 0.1) is 0 Å². The molecule has 0 saturated carbocycles. The fraction of sp³-hybridized carbons (Fsp3) is 0.686. The van der Waals surface area contributed by atoms with Crippen molar-refractivity contribution in [1.29, 1.82) is 0 Å². The van der Waals surface area contributed by atoms with Crippen LogP contribution < -0.4 is 29.6 Å². The van der Waals surface area contributed by atoms with Crippen molar-refractivity contribution in [2.75, 3.05) is 65.3 Å². The van der Waals surface area contributed by atoms with Crippen LogP contribution in [-0.4, -0.2) is 154 Å². The topological polar surface area (TPSA) is 257 Å². The number of carboxylic acid groups (broad SMARTS) is 2. The number of hydrogen-bond acceptors (Lipinski definition) is 14. The highest BCUT2D eigenvalue weighted by molar-refractivity contribution is 5.83. The number of nitrogens with one attached hydrogen (secondary N) is 2. The lowest BCUT2D eigenvalue weighted by Crippen LogP contribution is -2.46. The number of aliphatic hydroxyl groups excluding tert-OH is 4. The lowest BCUT2D eigenvalue weighted by molar-refractivity contribution is -0.165. The first-order chi connectivity index (χ1) is 41.7. The van der Waals surface area contributed by atoms with Crippen LogP contribution in [0.5, 0.6) is 23.0 Å². The van der Waals surface area contributed by atoms with Crippen molar-refractivity contribution in [2.24, 2.45) is 0 Å². The number of carbonyl (C=O) groups excluding carboxylic acids is 2. The summed E-state index contributed by atoms with van der Waals surface area (Å²) in [6.45, 7) is -21.7. The van der Waals surface area contributed by atoms with Crippen LogP contribution in [0.15, 0.2) is 36.4 Å². The number of amides is 2. The molecule has 390 valence electrons. The molecule has 4 heterocycles. The highest BCUT2D eigenvalue weighted by Crippen LogP contribution is 2.35. The highest BCUT2D eigenvalue weighted by Gasteiger charge is 2.31. The molecule has 0 spiro atoms. The second kappa shape index (κ2) is 32.2. The zero-order valence-corrected chi connectivity index (χ0v) is 37.7. The fourth-order valence-corrected chi connectivity index (χ4v) is 6.58. The summed E-state index contributed by atoms with van der Waals surface area (Å²) in [4.78, 5) is 45.9. The summed E-state index contributed by atoms with van der Waals surface area (Å²) in [7, 11) is 0. The van der Waals surface area contributed by atoms with Crippen LogP contribution in [-0.2, 0) is 19.2 Å². The minimum atomic E-state index is -3.30. The number of carbonyl (C=O) groups is 4. The number of unbranched alkanes of at least 4 members (excludes halogenated alkanes) is 8. The molecule has 0 aliphatic carbocycles. The number of rotatable bonds is 25. The number of benzene rings is 2. The summed E-state index contributed by atoms with van der Waals surface area (Å²) in [5.74, 6) is -5.48. The predicted octanol–water partition coefficient (Wildman–Crippen LogP) is 5.38. The minimum absolute atomic E-state index is 0. The number of nitrogens with zero attached hydrogens (tertiary/aromatic N) is 2. The van der Waals surface area contributed by atoms with E-state index in [1.807, 2.05) is 13.8 Å². The number of carboxylic acids is 2. The van der Waals surface area contributed by atoms with Gasteiger partial charge in [0.05, 0.1) is 23.0 Å². The molecule has 4 aliphatic heterocycles. The molecule has 0 bridgehead atoms. The predicted molar refractivity (Wildman–Crippen MR) is 261 cm³/mol. The van der Waals surface area contributed by atoms with E-state index >= 15 is 0 Å². The van der Waals surface area contributed by atoms with E-state index in [0.29, 0.717) is 22.6 Å². The van der Waals surface area contributed by atoms with Crippen LogP contribution in [0.2, 0.25) is 0 Å². The molecule has 2 aromatic carbocycles. The summed E-state index contributed by atoms with van der Waals surface area (Å²) in [5, 5.41) is 60.3. The third-order valence-electron chi connectivity index (χ3n) is 10.3. The molecule has 0 unspecified atom stereocenters. The quantitative estimate of drug-likeness (QED) is 0.0581. The van der Waals surface area contributed by atoms with Gasteiger partial charge < -0.3 is 70.0 Å². The second-order valence-corrected chi connectivity index (χ2v) is 15.5. The molecule has 2 amide bonds. The van der Waals surface area contributed by atoms with Crippen molar-refractivity contribution in [3.8, 4) is 23.0 Å². The zero-order valence-electron chi connectivity index (χ0n) is 61.7. The first-order valence-corrected chi connectivity index (χ1v) is 22.1. The average Bonchev–Trinajstić information content (AvgIpc) is 1.54. The molecule has 6 atom stereocenters. The van der Waals surface area contributed by atoms with Gasteiger partial charge in [0.15, 0.2) is 35.2 Å². The first-order valence-electron chi connectivity index (χ1n) is 34.1. The third kappa shape index (κ3) is 20.6. The molecule has 2 fully saturated rings. The maximum Gasteiger partial charge on any atom is 0.335 e. The van der Waals surface area contributed by atoms with Crippen molar-refractivity contribution >= 4 is 23.8 Å². The Morgan fingerprint density at radius 3 is 1.22 bits per heavy atom. The summed E-state index contributed by atoms with van der Waals surface area (Å²) in [6.07, 6.45) is -12.7. The van der Waals surface area contributed by atoms with Gasteiger partial charge in [-0.3, -0.25) is 9.59 Å². The van der Waals surface area contributed by atoms with Crippen LogP contribution in [0.25, 0.3) is 0 Å². The van der Waals surface area contributed by atoms with Crippen molar-refractivity contribution in [1.82, 2.24) is 20.4 Å². The summed E-state index contributed by atoms with van der Waals surface area (Å²) >= 11 is 0. The maximum absolute atomic E-state index is 12.9. The van der Waals surface area contributed by atoms with Crippen LogP contribution >= 0.6 is 0 Å². The lowest BCUT2D eigenvalue weighted by Gasteiger charge is -2.29. The number of ether oxygens (including phenoxy) is 4. The van der Waals surface area contributed by atoms with E-state index in [-0.39, 0.29) is 54.4 Å². The molecule has 18 nitrogen and oxygen atoms in total. The number of fused-ring (bicyclic) bond motifs is 2. The van der Waals surface area contributed by atoms with Gasteiger partial charge >= 0.3 is 11.9 Å². The van der Waals surface area contributed by atoms with Crippen LogP contribution in [0.4, 0.5) is 0 Å². The molecule has 6 rings (SSSR count). The van der Waals surface area contributed by atoms with Gasteiger partial charge in [-0.15, -0.1) is 0 Å². The van der Waals surface area contributed by atoms with E-state index in [2.05, 4.69) is 10.6 Å². The van der Waals surface area contributed by atoms with Crippen molar-refractivity contribution in [3.63, 3.8) is 0 Å². The smallest absolute Gasteiger partial charge is 0.335 e. The summed E-state index contributed by atoms with van der Waals surface area (Å²) in [5.41, 5.74) is -0.0182. The van der Waals surface area contributed by atoms with Crippen molar-refractivity contribution in [2.45, 2.75) is 160 Å². The third-order valence-corrected chi connectivity index (χ3v) is 10.3. The van der Waals surface area contributed by atoms with Gasteiger partial charge in [-0.25, -0.2) is 9.59 Å². The Labute approximate surface area is 442 Å². The molecule has 0 radical (unpaired) electrons. The molecule has 0 aromatic heterocycles. The Hall–Kier alpha value is -4.72. The van der Waals surface area contributed by atoms with Gasteiger partial charge in [0.2, 0.25) is 11.8 Å². The highest BCUT2D eigenvalue weighted by atomic mass is 16.6. The first kappa shape index (κ1) is 31.6. The molecule has 69 heavy (non-hydrogen) atoms. The van der Waals surface area contributed by atoms with E-state index in [1.165, 1.54) is 24.3 Å². The summed E-state index contributed by atoms with van der Waals surface area (Å²) < 4.78 is 213. The minimum Gasteiger partial charge on any atom is -0.486 e. The number of likely N-dealkylation sites (tertiary alicyclic amines) is 2. The Morgan fingerprint density at radius 2 is 0.884 bits per heavy atom. The van der Waals surface area contributed by atoms with Crippen molar-refractivity contribution < 1.29 is 102 Å². The van der Waals surface area contributed by atoms with Crippen LogP contribution in [0.1, 0.15) is 180 Å². The SMILES string of the molecule is C.O=C(O)[C@H](O)[C@@H](O)C(=O)O.[2H]C1([2H])Oc2ccc([C@@H](O)[C@@H](CN3C([2H])([2H])C([2H])([2H])C([2H])([2H])C3([2H])[2H])NC(=O)CCCCCCC)cc2OC1([2H])[2H].[2H]C1([2H])Oc2ccc([C@@H](O)[C@@H](CN3C([2H])([2H])C([2H])([2H])C([2H])([2H])C3([2H])[2H])NC(=O)CCCCCCC)cc2OC1([2H])[2H]. The van der Waals surface area contributed by atoms with Gasteiger partial charge in [0.1, 0.15) is 38.4 Å². The largest absolute Gasteiger partial charge is 0.486 e. The standard InChI is InChI=1S/2C23H36N2O4.C4H6O6.CH4/c2*1-2-3-4-5-6-9-22(26)24-19(17-25-12-7-8-13-25)23(27)18-10-11-20-21(16-18)29-15-14-28-20;5-1(3(7)8)2(6)4(9)10;/h2*10-11,16,19,23,27H,2-9,12-15,17H2,1H3,(H,24,26);1-2,5-6H,(H,7,8)(H,9,10);1H4/t2*19-,23-;1-,2-;/m111./s1/i2*7D2,8D2,12D2,13D2,14D2,15D2;;. The van der Waals surface area contributed by atoms with E-state index in [1.54, 1.807) is 0 Å². The number of hydrogen-bond donors (Lipinski definition) is 8. The van der Waals surface area contributed by atoms with E-state index in [0.717, 1.165) is 63.5 Å². The van der Waals surface area contributed by atoms with E-state index in [9.17, 15) is 29.4 Å². The number of aliphatic hydroxyl groups is 4. The Balaban J connectivity index is 0.000000419. The Morgan fingerprint density at radius 1 is 0.551 bits per heavy atom. The zero-order chi connectivity index (χ0) is 70.8. The monoisotopic (exact) mass is 999 g/mol. The second-order valence-electron chi connectivity index (χ2n) is 15.5. The average molecular weight is 999 g/mol. The molecule has 2 aromatic rings. The normalized spacial score (nSPS) is 31.7. The van der Waals surface area contributed by atoms with Crippen LogP contribution in [0.3, 0.4) is 0 Å². The van der Waals surface area contributed by atoms with Gasteiger partial charge in [0.25, 0.3) is 0 Å². The van der Waals surface area contributed by atoms with Gasteiger partial charge in [-0.05, 0) is 99.7 Å². The number of aliphatic carboxylic acids is 2. The molecular weight excluding hydrogens is 893 g/mol. The maximum atomic E-state index is 12.9. The molecule has 18 heteroatoms. The van der Waals surface area contributed by atoms with Gasteiger partial charge in [-0.1, -0.05) is 84.8 Å². The Kier molecular flexibility index (Phi) is 14.7. The van der Waals surface area contributed by atoms with Crippen molar-refractivity contribution in [3.05, 3.63) is 47.5 Å². The van der Waals surface area contributed by atoms with Gasteiger partial charge in [0, 0.05) is 47.9 Å². The molecule has 4 aliphatic rings. The molecular formula is C51H82N4O14. The molecule has 8 N–H and O–H groups in total. The fourth-order valence-electron chi connectivity index (χ4n) is 6.58. The van der Waals surface area contributed by atoms with E-state index < -0.39 is 151 Å². The lowest BCUT2D eigenvalue weighted by atomic mass is 10.0. The Bertz CT molecular complexity index is 2670.